The Bertz CT molecular complexity index is 2230. The normalized spacial score (nSPS) is 14.3. The van der Waals surface area contributed by atoms with Crippen molar-refractivity contribution in [3.8, 4) is 28.1 Å². The predicted molar refractivity (Wildman–Crippen MR) is 186 cm³/mol. The van der Waals surface area contributed by atoms with Crippen molar-refractivity contribution in [3.63, 3.8) is 0 Å². The fraction of sp³-hybridized carbons (Fsp3) is 0.132. The van der Waals surface area contributed by atoms with E-state index in [2.05, 4.69) is 4.98 Å². The molecule has 48 heavy (non-hydrogen) atoms. The largest absolute Gasteiger partial charge is 0.481 e. The third kappa shape index (κ3) is 6.03. The van der Waals surface area contributed by atoms with Crippen LogP contribution in [0, 0.1) is 0 Å². The van der Waals surface area contributed by atoms with Gasteiger partial charge in [0.1, 0.15) is 0 Å². The van der Waals surface area contributed by atoms with Gasteiger partial charge in [-0.1, -0.05) is 90.5 Å². The number of rotatable bonds is 9. The Morgan fingerprint density at radius 2 is 1.52 bits per heavy atom. The summed E-state index contributed by atoms with van der Waals surface area (Å²) in [6.45, 7) is 0. The van der Waals surface area contributed by atoms with Gasteiger partial charge in [0.2, 0.25) is 5.91 Å². The van der Waals surface area contributed by atoms with Gasteiger partial charge < -0.3 is 10.1 Å². The van der Waals surface area contributed by atoms with E-state index in [0.29, 0.717) is 33.1 Å². The first-order valence-electron chi connectivity index (χ1n) is 15.6. The summed E-state index contributed by atoms with van der Waals surface area (Å²) in [5.41, 5.74) is 5.73. The molecule has 238 valence electrons. The van der Waals surface area contributed by atoms with Crippen LogP contribution in [0.3, 0.4) is 0 Å². The second-order valence-electron chi connectivity index (χ2n) is 11.6. The van der Waals surface area contributed by atoms with Crippen LogP contribution in [0.5, 0.6) is 0 Å². The summed E-state index contributed by atoms with van der Waals surface area (Å²) in [6, 6.07) is 33.6. The Kier molecular flexibility index (Phi) is 8.44. The Morgan fingerprint density at radius 3 is 2.25 bits per heavy atom. The average molecular weight is 656 g/mol. The van der Waals surface area contributed by atoms with Gasteiger partial charge in [-0.3, -0.25) is 14.4 Å². The van der Waals surface area contributed by atoms with E-state index in [-0.39, 0.29) is 37.1 Å². The van der Waals surface area contributed by atoms with Gasteiger partial charge in [-0.25, -0.2) is 9.69 Å². The molecule has 4 aromatic carbocycles. The van der Waals surface area contributed by atoms with E-state index in [1.54, 1.807) is 16.8 Å². The third-order valence-electron chi connectivity index (χ3n) is 8.46. The number of para-hydroxylation sites is 2. The molecule has 6 aromatic rings. The Balaban J connectivity index is 1.40. The zero-order valence-corrected chi connectivity index (χ0v) is 26.5. The summed E-state index contributed by atoms with van der Waals surface area (Å²) in [6.07, 6.45) is 2.12. The van der Waals surface area contributed by atoms with Crippen LogP contribution in [0.2, 0.25) is 5.02 Å². The third-order valence-corrected chi connectivity index (χ3v) is 8.71. The molecule has 0 aliphatic carbocycles. The highest BCUT2D eigenvalue weighted by Crippen LogP contribution is 2.40. The highest BCUT2D eigenvalue weighted by Gasteiger charge is 2.38. The molecule has 1 atom stereocenters. The Hall–Kier alpha value is -5.80. The molecule has 1 aliphatic rings. The number of aromatic amines is 1. The molecule has 0 bridgehead atoms. The van der Waals surface area contributed by atoms with Crippen molar-refractivity contribution in [2.45, 2.75) is 31.7 Å². The van der Waals surface area contributed by atoms with Crippen LogP contribution in [0.4, 0.5) is 0 Å². The average Bonchev–Trinajstić information content (AvgIpc) is 3.74. The zero-order valence-electron chi connectivity index (χ0n) is 25.7. The van der Waals surface area contributed by atoms with Crippen molar-refractivity contribution in [1.29, 1.82) is 0 Å². The number of carbonyl (C=O) groups excluding carboxylic acids is 1. The number of benzene rings is 4. The summed E-state index contributed by atoms with van der Waals surface area (Å²) in [5, 5.41) is 21.9. The van der Waals surface area contributed by atoms with Gasteiger partial charge in [0.05, 0.1) is 28.7 Å². The maximum Gasteiger partial charge on any atom is 0.303 e. The van der Waals surface area contributed by atoms with E-state index in [1.165, 1.54) is 5.01 Å². The second-order valence-corrected chi connectivity index (χ2v) is 12.0. The van der Waals surface area contributed by atoms with Crippen molar-refractivity contribution in [2.75, 3.05) is 0 Å². The van der Waals surface area contributed by atoms with Gasteiger partial charge in [0.15, 0.2) is 0 Å². The smallest absolute Gasteiger partial charge is 0.303 e. The van der Waals surface area contributed by atoms with Gasteiger partial charge in [-0.15, -0.1) is 0 Å². The number of H-pyrrole nitrogens is 1. The number of carboxylic acid groups (broad SMARTS) is 1. The molecular formula is C38H30ClN5O4. The molecule has 7 rings (SSSR count). The van der Waals surface area contributed by atoms with E-state index in [0.717, 1.165) is 27.8 Å². The number of amides is 1. The number of hydrazone groups is 1. The van der Waals surface area contributed by atoms with Gasteiger partial charge in [-0.05, 0) is 42.3 Å². The molecule has 10 heteroatoms. The number of hydrogen-bond donors (Lipinski definition) is 2. The number of carboxylic acids is 1. The number of fused-ring (bicyclic) bond motifs is 1. The standard InChI is InChI=1S/C38H30ClN5O4/c39-26-20-18-24(19-21-26)35-28-14-7-8-15-30(28)40-38(48)36(35)31-22-32(44(41-31)33(45)16-9-17-34(46)47)29-23-43(27-12-5-2-6-13-27)42-37(29)25-10-3-1-4-11-25/h1-8,10-15,18-21,23,32H,9,16-17,22H2,(H,40,48)(H,46,47)/t32-/m0/s1. The number of aliphatic carboxylic acids is 1. The summed E-state index contributed by atoms with van der Waals surface area (Å²) in [4.78, 5) is 42.2. The first-order valence-corrected chi connectivity index (χ1v) is 16.0. The number of nitrogens with zero attached hydrogens (tertiary/aromatic N) is 4. The summed E-state index contributed by atoms with van der Waals surface area (Å²) in [5.74, 6) is -1.32. The SMILES string of the molecule is O=C(O)CCCC(=O)N1N=C(c2c(-c3ccc(Cl)cc3)c3ccccc3[nH]c2=O)C[C@H]1c1cn(-c2ccccc2)nc1-c1ccccc1. The van der Waals surface area contributed by atoms with E-state index < -0.39 is 12.0 Å². The predicted octanol–water partition coefficient (Wildman–Crippen LogP) is 7.63. The van der Waals surface area contributed by atoms with E-state index in [9.17, 15) is 19.5 Å². The molecule has 9 nitrogen and oxygen atoms in total. The van der Waals surface area contributed by atoms with Crippen LogP contribution in [0.1, 0.15) is 42.9 Å². The highest BCUT2D eigenvalue weighted by atomic mass is 35.5. The minimum atomic E-state index is -0.976. The minimum absolute atomic E-state index is 0.0226. The fourth-order valence-electron chi connectivity index (χ4n) is 6.24. The molecule has 0 unspecified atom stereocenters. The fourth-order valence-corrected chi connectivity index (χ4v) is 6.36. The van der Waals surface area contributed by atoms with Gasteiger partial charge >= 0.3 is 5.97 Å². The van der Waals surface area contributed by atoms with Crippen molar-refractivity contribution in [1.82, 2.24) is 19.8 Å². The quantitative estimate of drug-likeness (QED) is 0.166. The van der Waals surface area contributed by atoms with Crippen molar-refractivity contribution < 1.29 is 14.7 Å². The van der Waals surface area contributed by atoms with Crippen LogP contribution in [-0.2, 0) is 9.59 Å². The molecule has 0 radical (unpaired) electrons. The lowest BCUT2D eigenvalue weighted by atomic mass is 9.90. The molecule has 0 saturated heterocycles. The van der Waals surface area contributed by atoms with Crippen LogP contribution >= 0.6 is 11.6 Å². The van der Waals surface area contributed by atoms with Crippen molar-refractivity contribution >= 4 is 40.1 Å². The lowest BCUT2D eigenvalue weighted by molar-refractivity contribution is -0.137. The molecule has 2 N–H and O–H groups in total. The topological polar surface area (TPSA) is 121 Å². The minimum Gasteiger partial charge on any atom is -0.481 e. The van der Waals surface area contributed by atoms with Crippen LogP contribution in [0.25, 0.3) is 39.0 Å². The van der Waals surface area contributed by atoms with E-state index in [1.807, 2.05) is 103 Å². The first-order chi connectivity index (χ1) is 23.4. The molecule has 3 heterocycles. The molecule has 0 spiro atoms. The molecule has 2 aromatic heterocycles. The summed E-state index contributed by atoms with van der Waals surface area (Å²) in [7, 11) is 0. The lowest BCUT2D eigenvalue weighted by Gasteiger charge is -2.22. The maximum absolute atomic E-state index is 14.0. The number of halogens is 1. The summed E-state index contributed by atoms with van der Waals surface area (Å²) < 4.78 is 1.78. The number of pyridine rings is 1. The number of aromatic nitrogens is 3. The van der Waals surface area contributed by atoms with E-state index in [4.69, 9.17) is 21.8 Å². The summed E-state index contributed by atoms with van der Waals surface area (Å²) >= 11 is 6.25. The second kappa shape index (κ2) is 13.1. The monoisotopic (exact) mass is 655 g/mol. The van der Waals surface area contributed by atoms with Crippen molar-refractivity contribution in [3.05, 3.63) is 142 Å². The number of hydrogen-bond acceptors (Lipinski definition) is 5. The van der Waals surface area contributed by atoms with Gasteiger partial charge in [0, 0.05) is 58.1 Å². The van der Waals surface area contributed by atoms with Gasteiger partial charge in [0.25, 0.3) is 5.56 Å². The molecule has 0 fully saturated rings. The Morgan fingerprint density at radius 1 is 0.833 bits per heavy atom. The molecule has 1 aliphatic heterocycles. The van der Waals surface area contributed by atoms with Crippen LogP contribution in [-0.4, -0.2) is 42.5 Å². The van der Waals surface area contributed by atoms with Crippen molar-refractivity contribution in [2.24, 2.45) is 5.10 Å². The maximum atomic E-state index is 14.0. The molecular weight excluding hydrogens is 626 g/mol. The highest BCUT2D eigenvalue weighted by molar-refractivity contribution is 6.30. The molecule has 0 saturated carbocycles. The Labute approximate surface area is 280 Å². The first kappa shape index (κ1) is 30.8. The van der Waals surface area contributed by atoms with E-state index >= 15 is 0 Å². The zero-order chi connectivity index (χ0) is 33.2. The number of nitrogens with one attached hydrogen (secondary N) is 1. The number of carbonyl (C=O) groups is 2. The van der Waals surface area contributed by atoms with Crippen LogP contribution in [0.15, 0.2) is 125 Å². The lowest BCUT2D eigenvalue weighted by Crippen LogP contribution is -2.27. The van der Waals surface area contributed by atoms with Crippen LogP contribution < -0.4 is 5.56 Å². The molecule has 1 amide bonds. The van der Waals surface area contributed by atoms with Gasteiger partial charge in [-0.2, -0.15) is 10.2 Å².